The third-order valence-electron chi connectivity index (χ3n) is 9.12. The molecule has 0 spiro atoms. The predicted molar refractivity (Wildman–Crippen MR) is 187 cm³/mol. The zero-order valence-electron chi connectivity index (χ0n) is 29.7. The Morgan fingerprint density at radius 3 is 1.88 bits per heavy atom. The topological polar surface area (TPSA) is 281 Å². The minimum absolute atomic E-state index is 0.136. The number of nitrogens with two attached hydrogens (primary N) is 1. The van der Waals surface area contributed by atoms with Crippen molar-refractivity contribution in [3.8, 4) is 6.07 Å². The molecule has 0 aliphatic carbocycles. The van der Waals surface area contributed by atoms with Crippen LogP contribution < -0.4 is 22.4 Å². The molecule has 2 aromatic heterocycles. The smallest absolute Gasteiger partial charge is 0.354 e. The number of anilines is 2. The van der Waals surface area contributed by atoms with Gasteiger partial charge in [-0.1, -0.05) is 84.0 Å². The lowest BCUT2D eigenvalue weighted by molar-refractivity contribution is -0.116. The lowest BCUT2D eigenvalue weighted by Crippen LogP contribution is -2.36. The molecule has 4 rings (SSSR count). The van der Waals surface area contributed by atoms with E-state index in [1.165, 1.54) is 76.5 Å². The van der Waals surface area contributed by atoms with E-state index in [9.17, 15) is 40.1 Å². The molecule has 4 heterocycles. The molecule has 8 N–H and O–H groups in total. The molecule has 2 fully saturated rings. The Morgan fingerprint density at radius 2 is 1.37 bits per heavy atom. The van der Waals surface area contributed by atoms with Crippen LogP contribution in [0.15, 0.2) is 28.2 Å². The average molecular weight is 735 g/mol. The van der Waals surface area contributed by atoms with Crippen molar-refractivity contribution in [1.29, 1.82) is 5.26 Å². The van der Waals surface area contributed by atoms with Crippen LogP contribution in [0.3, 0.4) is 0 Å². The van der Waals surface area contributed by atoms with Crippen LogP contribution in [0.2, 0.25) is 0 Å². The van der Waals surface area contributed by atoms with Gasteiger partial charge in [-0.25, -0.2) is 14.6 Å². The second-order valence-electron chi connectivity index (χ2n) is 13.1. The summed E-state index contributed by atoms with van der Waals surface area (Å²) in [4.78, 5) is 46.9. The van der Waals surface area contributed by atoms with E-state index in [0.717, 1.165) is 34.7 Å². The van der Waals surface area contributed by atoms with E-state index in [-0.39, 0.29) is 17.7 Å². The second kappa shape index (κ2) is 22.3. The maximum absolute atomic E-state index is 12.4. The van der Waals surface area contributed by atoms with Crippen molar-refractivity contribution in [1.82, 2.24) is 24.1 Å². The first-order valence-corrected chi connectivity index (χ1v) is 18.1. The number of nitrogens with one attached hydrogen (secondary N) is 1. The van der Waals surface area contributed by atoms with Gasteiger partial charge in [-0.3, -0.25) is 13.9 Å². The van der Waals surface area contributed by atoms with Crippen molar-refractivity contribution >= 4 is 17.7 Å². The molecule has 2 aliphatic rings. The molecule has 0 saturated carbocycles. The number of carbonyl (C=O) groups is 1. The quantitative estimate of drug-likeness (QED) is 0.0987. The largest absolute Gasteiger partial charge is 0.394 e. The molecule has 8 atom stereocenters. The minimum Gasteiger partial charge on any atom is -0.394 e. The Labute approximate surface area is 302 Å². The maximum Gasteiger partial charge on any atom is 0.354 e. The first-order valence-electron chi connectivity index (χ1n) is 18.1. The number of nitrogen functional groups attached to an aromatic ring is 1. The van der Waals surface area contributed by atoms with E-state index in [1.54, 1.807) is 0 Å². The van der Waals surface area contributed by atoms with Crippen molar-refractivity contribution in [2.24, 2.45) is 5.92 Å². The Balaban J connectivity index is 0.000000355. The number of aliphatic hydroxyl groups is 5. The Kier molecular flexibility index (Phi) is 18.2. The van der Waals surface area contributed by atoms with Crippen LogP contribution in [-0.4, -0.2) is 99.3 Å². The third-order valence-corrected chi connectivity index (χ3v) is 9.12. The number of amides is 1. The zero-order valence-corrected chi connectivity index (χ0v) is 29.7. The lowest BCUT2D eigenvalue weighted by Gasteiger charge is -2.16. The number of hydrogen-bond acceptors (Lipinski definition) is 15. The van der Waals surface area contributed by atoms with Crippen LogP contribution in [-0.2, 0) is 14.3 Å². The normalized spacial score (nSPS) is 25.3. The van der Waals surface area contributed by atoms with Crippen molar-refractivity contribution in [3.63, 3.8) is 0 Å². The van der Waals surface area contributed by atoms with Gasteiger partial charge in [-0.15, -0.1) is 0 Å². The zero-order chi connectivity index (χ0) is 38.0. The van der Waals surface area contributed by atoms with Crippen LogP contribution in [0, 0.1) is 17.2 Å². The fourth-order valence-corrected chi connectivity index (χ4v) is 6.10. The first kappa shape index (κ1) is 42.6. The van der Waals surface area contributed by atoms with Gasteiger partial charge in [0, 0.05) is 12.6 Å². The number of unbranched alkanes of at least 4 members (excludes halogenated alkanes) is 12. The van der Waals surface area contributed by atoms with Gasteiger partial charge in [-0.2, -0.15) is 15.2 Å². The van der Waals surface area contributed by atoms with Gasteiger partial charge >= 0.3 is 11.4 Å². The highest BCUT2D eigenvalue weighted by atomic mass is 16.6. The summed E-state index contributed by atoms with van der Waals surface area (Å²) in [5.41, 5.74) is 3.75. The highest BCUT2D eigenvalue weighted by Crippen LogP contribution is 2.33. The number of rotatable bonds is 19. The molecular formula is C34H54N8O10. The number of ether oxygens (including phenoxy) is 2. The van der Waals surface area contributed by atoms with Gasteiger partial charge in [0.1, 0.15) is 48.6 Å². The van der Waals surface area contributed by atoms with Gasteiger partial charge < -0.3 is 46.1 Å². The van der Waals surface area contributed by atoms with Gasteiger partial charge in [0.2, 0.25) is 11.9 Å². The second-order valence-corrected chi connectivity index (χ2v) is 13.1. The molecule has 0 unspecified atom stereocenters. The van der Waals surface area contributed by atoms with Crippen LogP contribution in [0.4, 0.5) is 11.8 Å². The highest BCUT2D eigenvalue weighted by molar-refractivity contribution is 5.89. The van der Waals surface area contributed by atoms with E-state index < -0.39 is 73.5 Å². The number of carbonyl (C=O) groups excluding carboxylic acids is 1. The summed E-state index contributed by atoms with van der Waals surface area (Å²) in [6.45, 7) is 1.30. The summed E-state index contributed by atoms with van der Waals surface area (Å²) >= 11 is 0. The highest BCUT2D eigenvalue weighted by Gasteiger charge is 2.45. The van der Waals surface area contributed by atoms with Crippen molar-refractivity contribution in [2.75, 3.05) is 24.3 Å². The molecule has 0 aromatic carbocycles. The monoisotopic (exact) mass is 734 g/mol. The number of nitrogens with zero attached hydrogens (tertiary/aromatic N) is 6. The summed E-state index contributed by atoms with van der Waals surface area (Å²) in [5.74, 6) is -1.27. The van der Waals surface area contributed by atoms with Gasteiger partial charge in [-0.05, 0) is 12.5 Å². The summed E-state index contributed by atoms with van der Waals surface area (Å²) < 4.78 is 12.6. The number of aliphatic hydroxyl groups excluding tert-OH is 5. The fraction of sp³-hybridized carbons (Fsp3) is 0.735. The van der Waals surface area contributed by atoms with Crippen molar-refractivity contribution in [3.05, 3.63) is 39.6 Å². The molecule has 52 heavy (non-hydrogen) atoms. The molecule has 1 amide bonds. The summed E-state index contributed by atoms with van der Waals surface area (Å²) in [6.07, 6.45) is 11.0. The molecule has 0 bridgehead atoms. The molecule has 18 nitrogen and oxygen atoms in total. The average Bonchev–Trinajstić information content (AvgIpc) is 3.60. The van der Waals surface area contributed by atoms with Crippen molar-refractivity contribution in [2.45, 2.75) is 140 Å². The van der Waals surface area contributed by atoms with Crippen LogP contribution >= 0.6 is 0 Å². The van der Waals surface area contributed by atoms with Gasteiger partial charge in [0.25, 0.3) is 0 Å². The molecule has 0 radical (unpaired) electrons. The number of aromatic nitrogens is 5. The molecular weight excluding hydrogens is 680 g/mol. The maximum atomic E-state index is 12.4. The van der Waals surface area contributed by atoms with Crippen molar-refractivity contribution < 1.29 is 39.8 Å². The molecule has 18 heteroatoms. The van der Waals surface area contributed by atoms with Crippen LogP contribution in [0.1, 0.15) is 109 Å². The Hall–Kier alpha value is -3.83. The number of nitriles is 1. The minimum atomic E-state index is -1.35. The number of hydrogen-bond donors (Lipinski definition) is 7. The van der Waals surface area contributed by atoms with Crippen LogP contribution in [0.5, 0.6) is 0 Å². The summed E-state index contributed by atoms with van der Waals surface area (Å²) in [5, 5.41) is 59.4. The van der Waals surface area contributed by atoms with E-state index in [2.05, 4.69) is 27.2 Å². The molecule has 290 valence electrons. The fourth-order valence-electron chi connectivity index (χ4n) is 6.10. The predicted octanol–water partition coefficient (Wildman–Crippen LogP) is 0.885. The summed E-state index contributed by atoms with van der Waals surface area (Å²) in [6, 6.07) is 3.37. The molecule has 2 aromatic rings. The van der Waals surface area contributed by atoms with E-state index >= 15 is 0 Å². The SMILES string of the molecule is CCCCCCCCCCCCCCCC(=O)Nc1ccn([C@@H]2O[C@H](CO)[C@@H](O)[C@@H]2C#N)c(=O)n1.Nc1ncn([C@@H]2O[C@H](CO)[C@@H](O)[C@H]2O)c(=O)n1. The van der Waals surface area contributed by atoms with Crippen LogP contribution in [0.25, 0.3) is 0 Å². The molecule has 2 aliphatic heterocycles. The lowest BCUT2D eigenvalue weighted by atomic mass is 10.0. The Morgan fingerprint density at radius 1 is 0.827 bits per heavy atom. The summed E-state index contributed by atoms with van der Waals surface area (Å²) in [7, 11) is 0. The first-order chi connectivity index (χ1) is 25.1. The van der Waals surface area contributed by atoms with Gasteiger partial charge in [0.05, 0.1) is 19.3 Å². The van der Waals surface area contributed by atoms with Gasteiger partial charge in [0.15, 0.2) is 12.5 Å². The molecule has 2 saturated heterocycles. The van der Waals surface area contributed by atoms with E-state index in [0.29, 0.717) is 6.42 Å². The standard InChI is InChI=1S/C26H42N4O5.C8H12N4O5/c1-2-3-4-5-6-7-8-9-10-11-12-13-14-15-23(32)28-22-16-17-30(26(34)29-22)25-20(18-27)24(33)21(19-31)35-25;9-7-10-2-12(8(16)11-7)6-5(15)4(14)3(1-13)17-6/h16-17,20-21,24-25,31,33H,2-15,19H2,1H3,(H,28,29,32,34);2-6,13-15H,1H2,(H2,9,11,16)/t20-,21+,24-,25+;3-,4-,5-,6-/m01/s1. The Bertz CT molecular complexity index is 1530. The van der Waals surface area contributed by atoms with E-state index in [1.807, 2.05) is 6.07 Å². The third kappa shape index (κ3) is 12.4. The van der Waals surface area contributed by atoms with E-state index in [4.69, 9.17) is 20.3 Å².